The van der Waals surface area contributed by atoms with E-state index < -0.39 is 0 Å². The highest BCUT2D eigenvalue weighted by Crippen LogP contribution is 2.30. The molecule has 1 atom stereocenters. The Bertz CT molecular complexity index is 916. The van der Waals surface area contributed by atoms with Crippen LogP contribution in [0, 0.1) is 5.92 Å². The van der Waals surface area contributed by atoms with Crippen molar-refractivity contribution in [2.45, 2.75) is 51.2 Å². The van der Waals surface area contributed by atoms with E-state index in [0.29, 0.717) is 41.6 Å². The molecular formula is C19H23ClN4O3. The summed E-state index contributed by atoms with van der Waals surface area (Å²) >= 11 is 5.96. The summed E-state index contributed by atoms with van der Waals surface area (Å²) in [6, 6.07) is 4.94. The summed E-state index contributed by atoms with van der Waals surface area (Å²) < 4.78 is 8.64. The van der Waals surface area contributed by atoms with Crippen molar-refractivity contribution in [3.63, 3.8) is 0 Å². The van der Waals surface area contributed by atoms with Crippen LogP contribution in [0.15, 0.2) is 23.0 Å². The number of carbonyl (C=O) groups is 1. The van der Waals surface area contributed by atoms with E-state index in [-0.39, 0.29) is 17.6 Å². The van der Waals surface area contributed by atoms with E-state index in [2.05, 4.69) is 10.4 Å². The van der Waals surface area contributed by atoms with E-state index in [1.54, 1.807) is 27.4 Å². The number of hydrogen-bond acceptors (Lipinski definition) is 4. The van der Waals surface area contributed by atoms with Crippen molar-refractivity contribution in [2.24, 2.45) is 5.92 Å². The van der Waals surface area contributed by atoms with Gasteiger partial charge in [-0.25, -0.2) is 9.48 Å². The number of nitrogens with zero attached hydrogens (tertiary/aromatic N) is 3. The minimum Gasteiger partial charge on any atom is -0.496 e. The lowest BCUT2D eigenvalue weighted by molar-refractivity contribution is 0.0930. The number of hydrogen-bond donors (Lipinski definition) is 1. The number of halogens is 1. The summed E-state index contributed by atoms with van der Waals surface area (Å²) in [4.78, 5) is 25.2. The Hall–Kier alpha value is -2.28. The second-order valence-electron chi connectivity index (χ2n) is 7.32. The maximum atomic E-state index is 12.7. The highest BCUT2D eigenvalue weighted by Gasteiger charge is 2.27. The van der Waals surface area contributed by atoms with Gasteiger partial charge >= 0.3 is 5.69 Å². The molecule has 8 heteroatoms. The quantitative estimate of drug-likeness (QED) is 0.849. The Balaban J connectivity index is 1.43. The predicted octanol–water partition coefficient (Wildman–Crippen LogP) is 2.25. The van der Waals surface area contributed by atoms with Gasteiger partial charge in [-0.05, 0) is 49.8 Å². The molecule has 1 unspecified atom stereocenters. The van der Waals surface area contributed by atoms with Crippen LogP contribution in [0.3, 0.4) is 0 Å². The van der Waals surface area contributed by atoms with Gasteiger partial charge in [0, 0.05) is 30.6 Å². The molecular weight excluding hydrogens is 368 g/mol. The molecule has 4 rings (SSSR count). The fourth-order valence-corrected chi connectivity index (χ4v) is 3.71. The molecule has 1 aromatic heterocycles. The number of aryl methyl sites for hydroxylation is 1. The third-order valence-corrected chi connectivity index (χ3v) is 5.52. The number of carbonyl (C=O) groups excluding carboxylic acids is 1. The number of rotatable bonds is 5. The van der Waals surface area contributed by atoms with E-state index in [1.165, 1.54) is 20.0 Å². The van der Waals surface area contributed by atoms with Gasteiger partial charge in [-0.2, -0.15) is 5.10 Å². The molecule has 2 aromatic rings. The zero-order valence-corrected chi connectivity index (χ0v) is 16.0. The van der Waals surface area contributed by atoms with E-state index in [1.807, 2.05) is 0 Å². The van der Waals surface area contributed by atoms with Gasteiger partial charge < -0.3 is 10.1 Å². The van der Waals surface area contributed by atoms with Gasteiger partial charge in [0.2, 0.25) is 0 Å². The SMILES string of the molecule is COc1cc(Cl)ccc1C(=O)NC1CCc2nn(CC3CC3)c(=O)n2CC1. The highest BCUT2D eigenvalue weighted by molar-refractivity contribution is 6.30. The van der Waals surface area contributed by atoms with Gasteiger partial charge in [0.05, 0.1) is 12.7 Å². The molecule has 2 heterocycles. The van der Waals surface area contributed by atoms with Crippen LogP contribution >= 0.6 is 11.6 Å². The third-order valence-electron chi connectivity index (χ3n) is 5.29. The van der Waals surface area contributed by atoms with Crippen LogP contribution in [0.1, 0.15) is 41.9 Å². The first-order chi connectivity index (χ1) is 13.0. The second kappa shape index (κ2) is 7.38. The Morgan fingerprint density at radius 1 is 1.33 bits per heavy atom. The molecule has 1 aromatic carbocycles. The van der Waals surface area contributed by atoms with E-state index in [0.717, 1.165) is 18.8 Å². The van der Waals surface area contributed by atoms with Crippen molar-refractivity contribution >= 4 is 17.5 Å². The van der Waals surface area contributed by atoms with Crippen molar-refractivity contribution in [3.05, 3.63) is 45.1 Å². The lowest BCUT2D eigenvalue weighted by Gasteiger charge is -2.17. The molecule has 144 valence electrons. The van der Waals surface area contributed by atoms with E-state index in [4.69, 9.17) is 16.3 Å². The summed E-state index contributed by atoms with van der Waals surface area (Å²) in [6.45, 7) is 1.30. The molecule has 1 aliphatic heterocycles. The monoisotopic (exact) mass is 390 g/mol. The molecule has 2 aliphatic rings. The minimum absolute atomic E-state index is 0.0177. The van der Waals surface area contributed by atoms with Gasteiger partial charge in [0.25, 0.3) is 5.91 Å². The lowest BCUT2D eigenvalue weighted by atomic mass is 10.1. The number of aromatic nitrogens is 3. The van der Waals surface area contributed by atoms with Crippen molar-refractivity contribution in [3.8, 4) is 5.75 Å². The number of amides is 1. The largest absolute Gasteiger partial charge is 0.496 e. The van der Waals surface area contributed by atoms with Crippen molar-refractivity contribution in [2.75, 3.05) is 7.11 Å². The zero-order chi connectivity index (χ0) is 19.0. The molecule has 7 nitrogen and oxygen atoms in total. The first-order valence-electron chi connectivity index (χ1n) is 9.36. The number of methoxy groups -OCH3 is 1. The van der Waals surface area contributed by atoms with Crippen molar-refractivity contribution in [1.82, 2.24) is 19.7 Å². The van der Waals surface area contributed by atoms with Gasteiger partial charge in [-0.1, -0.05) is 11.6 Å². The molecule has 1 N–H and O–H groups in total. The average molecular weight is 391 g/mol. The van der Waals surface area contributed by atoms with Crippen LogP contribution in [-0.2, 0) is 19.5 Å². The number of fused-ring (bicyclic) bond motifs is 1. The smallest absolute Gasteiger partial charge is 0.345 e. The van der Waals surface area contributed by atoms with E-state index >= 15 is 0 Å². The van der Waals surface area contributed by atoms with E-state index in [9.17, 15) is 9.59 Å². The molecule has 1 amide bonds. The molecule has 1 aliphatic carbocycles. The predicted molar refractivity (Wildman–Crippen MR) is 101 cm³/mol. The Labute approximate surface area is 162 Å². The summed E-state index contributed by atoms with van der Waals surface area (Å²) in [5.41, 5.74) is 0.430. The van der Waals surface area contributed by atoms with Crippen LogP contribution in [-0.4, -0.2) is 33.4 Å². The molecule has 0 spiro atoms. The van der Waals surface area contributed by atoms with Crippen molar-refractivity contribution in [1.29, 1.82) is 0 Å². The Morgan fingerprint density at radius 2 is 2.15 bits per heavy atom. The summed E-state index contributed by atoms with van der Waals surface area (Å²) in [7, 11) is 1.51. The first kappa shape index (κ1) is 18.1. The maximum Gasteiger partial charge on any atom is 0.345 e. The fraction of sp³-hybridized carbons (Fsp3) is 0.526. The van der Waals surface area contributed by atoms with Crippen LogP contribution in [0.4, 0.5) is 0 Å². The standard InChI is InChI=1S/C19H23ClN4O3/c1-27-16-10-13(20)4-6-15(16)18(25)21-14-5-7-17-22-24(11-12-2-3-12)19(26)23(17)9-8-14/h4,6,10,12,14H,2-3,5,7-9,11H2,1H3,(H,21,25). The topological polar surface area (TPSA) is 78.2 Å². The molecule has 0 bridgehead atoms. The maximum absolute atomic E-state index is 12.7. The van der Waals surface area contributed by atoms with Gasteiger partial charge in [0.1, 0.15) is 11.6 Å². The van der Waals surface area contributed by atoms with Crippen LogP contribution in [0.25, 0.3) is 0 Å². The first-order valence-corrected chi connectivity index (χ1v) is 9.74. The number of benzene rings is 1. The highest BCUT2D eigenvalue weighted by atomic mass is 35.5. The lowest BCUT2D eigenvalue weighted by Crippen LogP contribution is -2.36. The molecule has 0 saturated heterocycles. The van der Waals surface area contributed by atoms with Crippen LogP contribution in [0.2, 0.25) is 5.02 Å². The zero-order valence-electron chi connectivity index (χ0n) is 15.3. The van der Waals surface area contributed by atoms with Crippen LogP contribution < -0.4 is 15.7 Å². The minimum atomic E-state index is -0.195. The number of ether oxygens (including phenoxy) is 1. The van der Waals surface area contributed by atoms with Crippen molar-refractivity contribution < 1.29 is 9.53 Å². The van der Waals surface area contributed by atoms with Gasteiger partial charge in [-0.15, -0.1) is 0 Å². The Morgan fingerprint density at radius 3 is 2.89 bits per heavy atom. The normalized spacial score (nSPS) is 19.3. The average Bonchev–Trinajstić information content (AvgIpc) is 3.44. The van der Waals surface area contributed by atoms with Gasteiger partial charge in [0.15, 0.2) is 0 Å². The Kier molecular flexibility index (Phi) is 4.95. The fourth-order valence-electron chi connectivity index (χ4n) is 3.55. The number of nitrogens with one attached hydrogen (secondary N) is 1. The second-order valence-corrected chi connectivity index (χ2v) is 7.75. The third kappa shape index (κ3) is 3.88. The molecule has 1 saturated carbocycles. The molecule has 27 heavy (non-hydrogen) atoms. The van der Waals surface area contributed by atoms with Gasteiger partial charge in [-0.3, -0.25) is 9.36 Å². The molecule has 1 fully saturated rings. The molecule has 0 radical (unpaired) electrons. The summed E-state index contributed by atoms with van der Waals surface area (Å²) in [5, 5.41) is 8.10. The van der Waals surface area contributed by atoms with Crippen LogP contribution in [0.5, 0.6) is 5.75 Å². The summed E-state index contributed by atoms with van der Waals surface area (Å²) in [5.74, 6) is 1.69. The summed E-state index contributed by atoms with van der Waals surface area (Å²) in [6.07, 6.45) is 4.51.